The van der Waals surface area contributed by atoms with Crippen molar-refractivity contribution in [3.63, 3.8) is 0 Å². The molecule has 1 aliphatic heterocycles. The Kier molecular flexibility index (Phi) is 7.94. The van der Waals surface area contributed by atoms with Crippen molar-refractivity contribution in [2.24, 2.45) is 11.7 Å². The van der Waals surface area contributed by atoms with Crippen molar-refractivity contribution in [3.8, 4) is 0 Å². The number of fused-ring (bicyclic) bond motifs is 1. The van der Waals surface area contributed by atoms with Crippen molar-refractivity contribution >= 4 is 64.0 Å². The lowest BCUT2D eigenvalue weighted by Crippen LogP contribution is -2.45. The van der Waals surface area contributed by atoms with Crippen LogP contribution in [0.4, 0.5) is 26.8 Å². The van der Waals surface area contributed by atoms with E-state index in [1.807, 2.05) is 4.57 Å². The van der Waals surface area contributed by atoms with Gasteiger partial charge in [-0.05, 0) is 50.7 Å². The first kappa shape index (κ1) is 27.2. The maximum atomic E-state index is 13.8. The maximum Gasteiger partial charge on any atom is 0.409 e. The number of anilines is 3. The quantitative estimate of drug-likeness (QED) is 0.376. The second kappa shape index (κ2) is 11.4. The van der Waals surface area contributed by atoms with Crippen LogP contribution in [0.1, 0.15) is 44.6 Å². The molecule has 0 radical (unpaired) electrons. The van der Waals surface area contributed by atoms with E-state index in [1.165, 1.54) is 19.2 Å². The number of benzene rings is 1. The van der Waals surface area contributed by atoms with Crippen molar-refractivity contribution in [2.45, 2.75) is 50.6 Å². The predicted octanol–water partition coefficient (Wildman–Crippen LogP) is 4.88. The molecule has 1 aromatic carbocycles. The van der Waals surface area contributed by atoms with Gasteiger partial charge in [-0.25, -0.2) is 19.2 Å². The molecule has 5 rings (SSSR count). The zero-order valence-electron chi connectivity index (χ0n) is 21.3. The number of primary amides is 1. The molecule has 0 bridgehead atoms. The summed E-state index contributed by atoms with van der Waals surface area (Å²) in [7, 11) is 1.37. The molecule has 2 aliphatic rings. The average molecular weight is 579 g/mol. The van der Waals surface area contributed by atoms with E-state index >= 15 is 0 Å². The molecule has 1 saturated heterocycles. The summed E-state index contributed by atoms with van der Waals surface area (Å²) in [6.07, 6.45) is 5.57. The molecule has 0 spiro atoms. The summed E-state index contributed by atoms with van der Waals surface area (Å²) in [5.41, 5.74) is 6.98. The number of imidazole rings is 1. The first-order valence-corrected chi connectivity index (χ1v) is 13.5. The van der Waals surface area contributed by atoms with E-state index in [1.54, 1.807) is 11.1 Å². The molecule has 14 heteroatoms. The molecular formula is C25H29Cl2FN8O3. The fourth-order valence-corrected chi connectivity index (χ4v) is 5.91. The van der Waals surface area contributed by atoms with Gasteiger partial charge in [0.25, 0.3) is 0 Å². The molecule has 39 heavy (non-hydrogen) atoms. The molecule has 2 aromatic heterocycles. The number of aromatic nitrogens is 4. The molecule has 1 aliphatic carbocycles. The van der Waals surface area contributed by atoms with Crippen molar-refractivity contribution in [2.75, 3.05) is 30.8 Å². The van der Waals surface area contributed by atoms with Crippen LogP contribution >= 0.6 is 23.2 Å². The molecule has 11 nitrogen and oxygen atoms in total. The number of nitrogens with one attached hydrogen (secondary N) is 2. The third-order valence-electron chi connectivity index (χ3n) is 7.33. The largest absolute Gasteiger partial charge is 0.453 e. The first-order chi connectivity index (χ1) is 18.7. The number of carbonyl (C=O) groups is 2. The topological polar surface area (TPSA) is 140 Å². The molecular weight excluding hydrogens is 550 g/mol. The van der Waals surface area contributed by atoms with Crippen molar-refractivity contribution in [1.29, 1.82) is 0 Å². The van der Waals surface area contributed by atoms with Crippen LogP contribution in [-0.4, -0.2) is 62.7 Å². The second-order valence-electron chi connectivity index (χ2n) is 9.88. The normalized spacial score (nSPS) is 21.5. The van der Waals surface area contributed by atoms with Gasteiger partial charge in [-0.2, -0.15) is 4.98 Å². The summed E-state index contributed by atoms with van der Waals surface area (Å²) in [5.74, 6) is -0.206. The Balaban J connectivity index is 1.48. The third-order valence-corrected chi connectivity index (χ3v) is 7.92. The summed E-state index contributed by atoms with van der Waals surface area (Å²) in [5, 5.41) is 6.72. The highest BCUT2D eigenvalue weighted by Gasteiger charge is 2.30. The van der Waals surface area contributed by atoms with Gasteiger partial charge in [0, 0.05) is 31.1 Å². The highest BCUT2D eigenvalue weighted by molar-refractivity contribution is 6.39. The van der Waals surface area contributed by atoms with E-state index in [0.717, 1.165) is 12.8 Å². The average Bonchev–Trinajstić information content (AvgIpc) is 3.27. The number of ether oxygens (including phenoxy) is 1. The molecule has 1 atom stereocenters. The van der Waals surface area contributed by atoms with Gasteiger partial charge in [0.05, 0.1) is 29.0 Å². The van der Waals surface area contributed by atoms with Gasteiger partial charge in [-0.15, -0.1) is 0 Å². The smallest absolute Gasteiger partial charge is 0.409 e. The van der Waals surface area contributed by atoms with Gasteiger partial charge in [-0.1, -0.05) is 23.2 Å². The van der Waals surface area contributed by atoms with Crippen LogP contribution in [0.2, 0.25) is 10.0 Å². The number of halogens is 3. The van der Waals surface area contributed by atoms with Gasteiger partial charge in [0.2, 0.25) is 17.8 Å². The van der Waals surface area contributed by atoms with Crippen molar-refractivity contribution in [3.05, 3.63) is 34.2 Å². The SMILES string of the molecule is COC(=O)N1CCCC(Nc2ncc3nc(Nc4c(Cl)cc(F)cc4Cl)n(C4CCC(C(N)=O)CC4)c3n2)C1. The Bertz CT molecular complexity index is 1370. The molecule has 1 unspecified atom stereocenters. The number of nitrogens with two attached hydrogens (primary N) is 1. The van der Waals surface area contributed by atoms with Gasteiger partial charge >= 0.3 is 6.09 Å². The van der Waals surface area contributed by atoms with Gasteiger partial charge < -0.3 is 26.0 Å². The minimum Gasteiger partial charge on any atom is -0.453 e. The van der Waals surface area contributed by atoms with Crippen LogP contribution in [0, 0.1) is 11.7 Å². The van der Waals surface area contributed by atoms with Crippen molar-refractivity contribution in [1.82, 2.24) is 24.4 Å². The molecule has 4 N–H and O–H groups in total. The Hall–Kier alpha value is -3.38. The lowest BCUT2D eigenvalue weighted by molar-refractivity contribution is -0.122. The molecule has 2 fully saturated rings. The minimum atomic E-state index is -0.552. The lowest BCUT2D eigenvalue weighted by atomic mass is 9.85. The molecule has 3 heterocycles. The van der Waals surface area contributed by atoms with E-state index in [2.05, 4.69) is 15.6 Å². The summed E-state index contributed by atoms with van der Waals surface area (Å²) in [6.45, 7) is 1.11. The van der Waals surface area contributed by atoms with Crippen LogP contribution in [0.3, 0.4) is 0 Å². The number of rotatable bonds is 6. The number of hydrogen-bond acceptors (Lipinski definition) is 8. The van der Waals surface area contributed by atoms with Crippen molar-refractivity contribution < 1.29 is 18.7 Å². The fourth-order valence-electron chi connectivity index (χ4n) is 5.36. The zero-order valence-corrected chi connectivity index (χ0v) is 22.8. The molecule has 2 amide bonds. The maximum absolute atomic E-state index is 13.8. The number of carbonyl (C=O) groups excluding carboxylic acids is 2. The third kappa shape index (κ3) is 5.81. The molecule has 3 aromatic rings. The minimum absolute atomic E-state index is 0.0432. The van der Waals surface area contributed by atoms with Crippen LogP contribution < -0.4 is 16.4 Å². The Labute approximate surface area is 234 Å². The Morgan fingerprint density at radius 3 is 2.51 bits per heavy atom. The Morgan fingerprint density at radius 1 is 1.13 bits per heavy atom. The van der Waals surface area contributed by atoms with Gasteiger partial charge in [-0.3, -0.25) is 9.36 Å². The first-order valence-electron chi connectivity index (χ1n) is 12.8. The van der Waals surface area contributed by atoms with Crippen LogP contribution in [-0.2, 0) is 9.53 Å². The van der Waals surface area contributed by atoms with Gasteiger partial charge in [0.15, 0.2) is 5.65 Å². The monoisotopic (exact) mass is 578 g/mol. The van der Waals surface area contributed by atoms with E-state index in [9.17, 15) is 14.0 Å². The fraction of sp³-hybridized carbons (Fsp3) is 0.480. The summed E-state index contributed by atoms with van der Waals surface area (Å²) in [6, 6.07) is 2.25. The predicted molar refractivity (Wildman–Crippen MR) is 146 cm³/mol. The van der Waals surface area contributed by atoms with Crippen LogP contribution in [0.25, 0.3) is 11.2 Å². The van der Waals surface area contributed by atoms with E-state index < -0.39 is 5.82 Å². The standard InChI is InChI=1S/C25H29Cl2FN8O3/c1-39-25(38)35-8-2-3-15(12-35)31-23-30-11-19-22(34-23)36(16-6-4-13(5-7-16)21(29)37)24(32-19)33-20-17(26)9-14(28)10-18(20)27/h9-11,13,15-16H,2-8,12H2,1H3,(H2,29,37)(H,32,33)(H,30,31,34). The number of piperidine rings is 1. The summed E-state index contributed by atoms with van der Waals surface area (Å²) in [4.78, 5) is 39.4. The highest BCUT2D eigenvalue weighted by Crippen LogP contribution is 2.39. The summed E-state index contributed by atoms with van der Waals surface area (Å²) < 4.78 is 20.6. The Morgan fingerprint density at radius 2 is 1.85 bits per heavy atom. The van der Waals surface area contributed by atoms with Crippen LogP contribution in [0.5, 0.6) is 0 Å². The number of amides is 2. The number of nitrogens with zero attached hydrogens (tertiary/aromatic N) is 5. The summed E-state index contributed by atoms with van der Waals surface area (Å²) >= 11 is 12.6. The number of hydrogen-bond donors (Lipinski definition) is 3. The van der Waals surface area contributed by atoms with E-state index in [0.29, 0.717) is 67.5 Å². The van der Waals surface area contributed by atoms with Crippen LogP contribution in [0.15, 0.2) is 18.3 Å². The zero-order chi connectivity index (χ0) is 27.7. The molecule has 1 saturated carbocycles. The highest BCUT2D eigenvalue weighted by atomic mass is 35.5. The van der Waals surface area contributed by atoms with E-state index in [-0.39, 0.29) is 40.0 Å². The van der Waals surface area contributed by atoms with Gasteiger partial charge in [0.1, 0.15) is 11.3 Å². The van der Waals surface area contributed by atoms with E-state index in [4.69, 9.17) is 43.6 Å². The molecule has 208 valence electrons. The lowest BCUT2D eigenvalue weighted by Gasteiger charge is -2.32. The second-order valence-corrected chi connectivity index (χ2v) is 10.7. The number of methoxy groups -OCH3 is 1. The number of likely N-dealkylation sites (tertiary alicyclic amines) is 1.